The van der Waals surface area contributed by atoms with Crippen molar-refractivity contribution in [2.24, 2.45) is 15.3 Å². The monoisotopic (exact) mass is 589 g/mol. The highest BCUT2D eigenvalue weighted by Gasteiger charge is 2.54. The zero-order chi connectivity index (χ0) is 28.8. The summed E-state index contributed by atoms with van der Waals surface area (Å²) < 4.78 is 18.3. The summed E-state index contributed by atoms with van der Waals surface area (Å²) in [6.45, 7) is 10.3. The van der Waals surface area contributed by atoms with Crippen LogP contribution in [0.15, 0.2) is 56.8 Å². The minimum atomic E-state index is -2.74. The van der Waals surface area contributed by atoms with E-state index in [1.54, 1.807) is 18.3 Å². The standard InChI is InChI=1S/C26H36N5O7PSi/c1-26(2,3)40(4,5)38-23-22(37-39(34)35)20(15-32)36-25(23)31-28-18-12-11-17-14-30(27-13-19(29-31)21(17)18)24(33)16-9-7-6-8-10-16/h6-10,13,20,22-23,25,32,34-35H,11-12,14-15H2,1-5H3/t20-,22-,23-,25-/m1/s1. The molecule has 3 heterocycles. The van der Waals surface area contributed by atoms with E-state index in [4.69, 9.17) is 23.9 Å². The number of amides is 1. The van der Waals surface area contributed by atoms with E-state index in [9.17, 15) is 19.7 Å². The second-order valence-electron chi connectivity index (χ2n) is 11.7. The third-order valence-electron chi connectivity index (χ3n) is 8.06. The molecule has 4 aliphatic rings. The van der Waals surface area contributed by atoms with Gasteiger partial charge in [0.1, 0.15) is 24.0 Å². The van der Waals surface area contributed by atoms with Crippen molar-refractivity contribution in [3.05, 3.63) is 47.0 Å². The first-order valence-corrected chi connectivity index (χ1v) is 17.3. The minimum absolute atomic E-state index is 0.165. The Morgan fingerprint density at radius 2 is 1.88 bits per heavy atom. The average Bonchev–Trinajstić information content (AvgIpc) is 3.39. The van der Waals surface area contributed by atoms with Crippen molar-refractivity contribution in [1.29, 1.82) is 0 Å². The number of hydrogen-bond acceptors (Lipinski definition) is 11. The van der Waals surface area contributed by atoms with Crippen molar-refractivity contribution < 1.29 is 33.4 Å². The molecule has 5 rings (SSSR count). The molecule has 1 fully saturated rings. The molecule has 1 aromatic rings. The van der Waals surface area contributed by atoms with Crippen LogP contribution in [0.4, 0.5) is 0 Å². The lowest BCUT2D eigenvalue weighted by molar-refractivity contribution is -0.0944. The van der Waals surface area contributed by atoms with Crippen LogP contribution in [0.2, 0.25) is 18.1 Å². The lowest BCUT2D eigenvalue weighted by Gasteiger charge is -2.41. The van der Waals surface area contributed by atoms with Gasteiger partial charge in [0.05, 0.1) is 25.1 Å². The number of aliphatic hydroxyl groups excluding tert-OH is 1. The number of hydrazone groups is 3. The van der Waals surface area contributed by atoms with Crippen molar-refractivity contribution in [2.75, 3.05) is 13.2 Å². The smallest absolute Gasteiger partial charge is 0.327 e. The van der Waals surface area contributed by atoms with E-state index in [1.807, 2.05) is 18.2 Å². The second kappa shape index (κ2) is 11.1. The maximum absolute atomic E-state index is 13.2. The number of benzene rings is 1. The van der Waals surface area contributed by atoms with Gasteiger partial charge in [-0.3, -0.25) is 4.79 Å². The first-order chi connectivity index (χ1) is 18.9. The van der Waals surface area contributed by atoms with Crippen LogP contribution in [0.25, 0.3) is 0 Å². The summed E-state index contributed by atoms with van der Waals surface area (Å²) in [5, 5.41) is 26.8. The number of rotatable bonds is 7. The van der Waals surface area contributed by atoms with Crippen LogP contribution in [0.5, 0.6) is 0 Å². The Labute approximate surface area is 235 Å². The fourth-order valence-electron chi connectivity index (χ4n) is 4.94. The molecule has 0 radical (unpaired) electrons. The topological polar surface area (TPSA) is 149 Å². The second-order valence-corrected chi connectivity index (χ2v) is 17.2. The molecule has 1 aliphatic carbocycles. The summed E-state index contributed by atoms with van der Waals surface area (Å²) in [6.07, 6.45) is -0.637. The predicted molar refractivity (Wildman–Crippen MR) is 153 cm³/mol. The Balaban J connectivity index is 1.49. The molecular formula is C26H36N5O7PSi. The first-order valence-electron chi connectivity index (χ1n) is 13.3. The molecule has 0 spiro atoms. The molecule has 1 aromatic carbocycles. The third kappa shape index (κ3) is 5.57. The quantitative estimate of drug-likeness (QED) is 0.325. The molecular weight excluding hydrogens is 553 g/mol. The van der Waals surface area contributed by atoms with Crippen molar-refractivity contribution in [3.63, 3.8) is 0 Å². The summed E-state index contributed by atoms with van der Waals surface area (Å²) in [7, 11) is -5.17. The van der Waals surface area contributed by atoms with Gasteiger partial charge < -0.3 is 28.6 Å². The summed E-state index contributed by atoms with van der Waals surface area (Å²) >= 11 is 0. The molecule has 14 heteroatoms. The van der Waals surface area contributed by atoms with Crippen LogP contribution in [-0.4, -0.2) is 94.6 Å². The number of carbonyl (C=O) groups is 1. The Morgan fingerprint density at radius 1 is 1.15 bits per heavy atom. The van der Waals surface area contributed by atoms with Crippen molar-refractivity contribution in [3.8, 4) is 0 Å². The van der Waals surface area contributed by atoms with Gasteiger partial charge in [-0.25, -0.2) is 5.01 Å². The number of aliphatic hydroxyl groups is 1. The summed E-state index contributed by atoms with van der Waals surface area (Å²) in [5.41, 5.74) is 3.80. The molecule has 1 amide bonds. The zero-order valence-corrected chi connectivity index (χ0v) is 25.2. The number of carbonyl (C=O) groups excluding carboxylic acids is 1. The van der Waals surface area contributed by atoms with E-state index in [1.165, 1.54) is 10.1 Å². The molecule has 1 saturated heterocycles. The molecule has 3 N–H and O–H groups in total. The normalized spacial score (nSPS) is 26.7. The average molecular weight is 590 g/mol. The fraction of sp³-hybridized carbons (Fsp3) is 0.538. The molecule has 0 bridgehead atoms. The van der Waals surface area contributed by atoms with Crippen molar-refractivity contribution in [1.82, 2.24) is 10.1 Å². The van der Waals surface area contributed by atoms with Crippen molar-refractivity contribution in [2.45, 2.75) is 76.3 Å². The van der Waals surface area contributed by atoms with Crippen LogP contribution < -0.4 is 0 Å². The van der Waals surface area contributed by atoms with Gasteiger partial charge in [-0.05, 0) is 48.7 Å². The third-order valence-corrected chi connectivity index (χ3v) is 13.0. The summed E-state index contributed by atoms with van der Waals surface area (Å²) in [4.78, 5) is 32.6. The molecule has 0 unspecified atom stereocenters. The molecule has 4 atom stereocenters. The summed E-state index contributed by atoms with van der Waals surface area (Å²) in [6, 6.07) is 9.01. The predicted octanol–water partition coefficient (Wildman–Crippen LogP) is 2.95. The van der Waals surface area contributed by atoms with Gasteiger partial charge in [-0.15, -0.1) is 0 Å². The fourth-order valence-corrected chi connectivity index (χ4v) is 6.70. The van der Waals surface area contributed by atoms with Crippen LogP contribution in [-0.2, 0) is 13.7 Å². The largest absolute Gasteiger partial charge is 0.406 e. The van der Waals surface area contributed by atoms with Crippen LogP contribution in [0, 0.1) is 0 Å². The minimum Gasteiger partial charge on any atom is -0.406 e. The van der Waals surface area contributed by atoms with Gasteiger partial charge in [0.15, 0.2) is 14.5 Å². The highest BCUT2D eigenvalue weighted by Crippen LogP contribution is 2.44. The first kappa shape index (κ1) is 29.1. The molecule has 216 valence electrons. The van der Waals surface area contributed by atoms with Crippen LogP contribution in [0.1, 0.15) is 44.0 Å². The van der Waals surface area contributed by atoms with Crippen LogP contribution in [0.3, 0.4) is 0 Å². The van der Waals surface area contributed by atoms with E-state index in [0.717, 1.165) is 16.9 Å². The number of ether oxygens (including phenoxy) is 1. The van der Waals surface area contributed by atoms with Gasteiger partial charge in [0, 0.05) is 11.1 Å². The molecule has 0 saturated carbocycles. The van der Waals surface area contributed by atoms with Crippen LogP contribution >= 0.6 is 8.60 Å². The zero-order valence-electron chi connectivity index (χ0n) is 23.3. The van der Waals surface area contributed by atoms with Gasteiger partial charge in [-0.2, -0.15) is 20.4 Å². The molecule has 0 aromatic heterocycles. The Kier molecular flexibility index (Phi) is 8.12. The number of hydrogen-bond donors (Lipinski definition) is 3. The maximum Gasteiger partial charge on any atom is 0.327 e. The van der Waals surface area contributed by atoms with Gasteiger partial charge >= 0.3 is 8.60 Å². The van der Waals surface area contributed by atoms with E-state index in [-0.39, 0.29) is 10.9 Å². The van der Waals surface area contributed by atoms with E-state index < -0.39 is 48.1 Å². The van der Waals surface area contributed by atoms with Gasteiger partial charge in [-0.1, -0.05) is 39.0 Å². The number of nitrogens with zero attached hydrogens (tertiary/aromatic N) is 5. The van der Waals surface area contributed by atoms with E-state index in [0.29, 0.717) is 30.7 Å². The lowest BCUT2D eigenvalue weighted by atomic mass is 10.1. The Bertz CT molecular complexity index is 1260. The molecule has 3 aliphatic heterocycles. The SMILES string of the molecule is CC(C)(C)[Si](C)(C)O[C@@H]1[C@H](OP(O)O)[C@@H](CO)O[C@H]1N1N=C2C=NN(C(=O)c3ccccc3)CC3=C2C(=N1)CC3. The summed E-state index contributed by atoms with van der Waals surface area (Å²) in [5.74, 6) is -0.205. The Morgan fingerprint density at radius 3 is 2.52 bits per heavy atom. The van der Waals surface area contributed by atoms with Crippen molar-refractivity contribution >= 4 is 40.5 Å². The Hall–Kier alpha value is -2.35. The highest BCUT2D eigenvalue weighted by atomic mass is 31.2. The van der Waals surface area contributed by atoms with E-state index in [2.05, 4.69) is 39.0 Å². The van der Waals surface area contributed by atoms with Gasteiger partial charge in [0.2, 0.25) is 0 Å². The van der Waals surface area contributed by atoms with Gasteiger partial charge in [0.25, 0.3) is 5.91 Å². The highest BCUT2D eigenvalue weighted by molar-refractivity contribution is 7.39. The lowest BCUT2D eigenvalue weighted by Crippen LogP contribution is -2.52. The molecule has 12 nitrogen and oxygen atoms in total. The molecule has 40 heavy (non-hydrogen) atoms. The maximum atomic E-state index is 13.2. The number of allylic oxidation sites excluding steroid dienone is 1. The van der Waals surface area contributed by atoms with E-state index >= 15 is 0 Å².